The molecule has 0 aromatic heterocycles. The van der Waals surface area contributed by atoms with Gasteiger partial charge in [0.1, 0.15) is 12.2 Å². The number of allylic oxidation sites excluding steroid dienone is 2. The van der Waals surface area contributed by atoms with Crippen molar-refractivity contribution in [2.45, 2.75) is 96.2 Å². The second kappa shape index (κ2) is 15.6. The van der Waals surface area contributed by atoms with Crippen LogP contribution in [0.1, 0.15) is 65.7 Å². The highest BCUT2D eigenvalue weighted by Gasteiger charge is 2.48. The third-order valence-corrected chi connectivity index (χ3v) is 7.61. The Morgan fingerprint density at radius 1 is 0.897 bits per heavy atom. The van der Waals surface area contributed by atoms with Gasteiger partial charge in [-0.05, 0) is 56.3 Å². The van der Waals surface area contributed by atoms with E-state index in [1.54, 1.807) is 0 Å². The van der Waals surface area contributed by atoms with Crippen LogP contribution in [0.5, 0.6) is 0 Å². The Morgan fingerprint density at radius 2 is 1.56 bits per heavy atom. The normalized spacial score (nSPS) is 34.4. The van der Waals surface area contributed by atoms with E-state index >= 15 is 0 Å². The van der Waals surface area contributed by atoms with Crippen molar-refractivity contribution in [2.24, 2.45) is 23.7 Å². The fourth-order valence-electron chi connectivity index (χ4n) is 5.12. The third kappa shape index (κ3) is 12.8. The smallest absolute Gasteiger partial charge is 0.317 e. The molecular weight excluding hydrogens is 504 g/mol. The van der Waals surface area contributed by atoms with Gasteiger partial charge in [0.2, 0.25) is 0 Å². The minimum Gasteiger partial charge on any atom is -0.393 e. The van der Waals surface area contributed by atoms with Crippen LogP contribution >= 0.6 is 0 Å². The van der Waals surface area contributed by atoms with Crippen molar-refractivity contribution in [1.29, 1.82) is 0 Å². The summed E-state index contributed by atoms with van der Waals surface area (Å²) in [5, 5.41) is 0. The van der Waals surface area contributed by atoms with Gasteiger partial charge in [-0.2, -0.15) is 0 Å². The Morgan fingerprint density at radius 3 is 2.08 bits per heavy atom. The molecule has 5 aliphatic heterocycles. The summed E-state index contributed by atoms with van der Waals surface area (Å²) in [6.07, 6.45) is 13.6. The van der Waals surface area contributed by atoms with Gasteiger partial charge >= 0.3 is 11.9 Å². The molecule has 5 heterocycles. The van der Waals surface area contributed by atoms with Gasteiger partial charge in [0.05, 0.1) is 63.7 Å². The lowest BCUT2D eigenvalue weighted by Gasteiger charge is -2.15. The van der Waals surface area contributed by atoms with Gasteiger partial charge in [-0.25, -0.2) is 0 Å². The average Bonchev–Trinajstić information content (AvgIpc) is 3.74. The molecule has 0 aromatic carbocycles. The van der Waals surface area contributed by atoms with Crippen molar-refractivity contribution in [1.82, 2.24) is 0 Å². The molecule has 1 aliphatic carbocycles. The molecule has 6 aliphatic rings. The Bertz CT molecular complexity index is 771. The number of fused-ring (bicyclic) bond motifs is 1. The van der Waals surface area contributed by atoms with Gasteiger partial charge in [0.25, 0.3) is 0 Å². The summed E-state index contributed by atoms with van der Waals surface area (Å²) in [6, 6.07) is 0. The van der Waals surface area contributed by atoms with Crippen molar-refractivity contribution >= 4 is 11.9 Å². The van der Waals surface area contributed by atoms with E-state index < -0.39 is 5.97 Å². The fourth-order valence-corrected chi connectivity index (χ4v) is 5.12. The molecule has 0 spiro atoms. The summed E-state index contributed by atoms with van der Waals surface area (Å²) >= 11 is 0. The molecule has 1 saturated carbocycles. The Balaban J connectivity index is 0.000000138. The van der Waals surface area contributed by atoms with Crippen molar-refractivity contribution in [2.75, 3.05) is 46.2 Å². The monoisotopic (exact) mass is 552 g/mol. The van der Waals surface area contributed by atoms with Crippen LogP contribution in [-0.2, 0) is 42.7 Å². The highest BCUT2D eigenvalue weighted by atomic mass is 16.6. The molecule has 6 fully saturated rings. The van der Waals surface area contributed by atoms with E-state index in [0.717, 1.165) is 65.0 Å². The van der Waals surface area contributed by atoms with Crippen LogP contribution in [0.15, 0.2) is 12.2 Å². The zero-order valence-electron chi connectivity index (χ0n) is 23.9. The lowest BCUT2D eigenvalue weighted by atomic mass is 9.87. The molecule has 0 bridgehead atoms. The van der Waals surface area contributed by atoms with E-state index in [4.69, 9.17) is 28.4 Å². The maximum atomic E-state index is 11.2. The summed E-state index contributed by atoms with van der Waals surface area (Å²) in [5.74, 6) is 1.02. The topological polar surface area (TPSA) is 112 Å². The standard InChI is InChI=1S/C13H20O3.C9H16O4.C8H12O2/c1-9(2)7-10(3)5-4-6-11-8-12(14)16-13(11)15;1(2-10-4-8-6-12-8)3-11-5-9-7-13-9;1-2-6-7(10-6)3-5(1)8-4-9-8/h4-5,9-11H,6-8H2,1-3H3;8-9H,1-7H2;5-8H,1-4H2/b5-4+;;. The van der Waals surface area contributed by atoms with Gasteiger partial charge in [0, 0.05) is 13.2 Å². The summed E-state index contributed by atoms with van der Waals surface area (Å²) < 4.78 is 35.9. The average molecular weight is 553 g/mol. The molecular formula is C30H48O9. The third-order valence-electron chi connectivity index (χ3n) is 7.61. The van der Waals surface area contributed by atoms with Crippen LogP contribution in [0.25, 0.3) is 0 Å². The highest BCUT2D eigenvalue weighted by Crippen LogP contribution is 2.43. The molecule has 8 atom stereocenters. The van der Waals surface area contributed by atoms with E-state index in [2.05, 4.69) is 31.6 Å². The number of carbonyl (C=O) groups is 2. The molecule has 0 amide bonds. The van der Waals surface area contributed by atoms with E-state index in [1.165, 1.54) is 19.3 Å². The molecule has 9 nitrogen and oxygen atoms in total. The highest BCUT2D eigenvalue weighted by molar-refractivity contribution is 5.94. The second-order valence-corrected chi connectivity index (χ2v) is 12.0. The number of ether oxygens (including phenoxy) is 7. The fraction of sp³-hybridized carbons (Fsp3) is 0.867. The van der Waals surface area contributed by atoms with Crippen molar-refractivity contribution in [3.63, 3.8) is 0 Å². The minimum absolute atomic E-state index is 0.238. The number of esters is 2. The van der Waals surface area contributed by atoms with E-state index in [1.807, 2.05) is 6.08 Å². The number of carbonyl (C=O) groups excluding carboxylic acids is 2. The van der Waals surface area contributed by atoms with Gasteiger partial charge < -0.3 is 33.2 Å². The lowest BCUT2D eigenvalue weighted by molar-refractivity contribution is -0.153. The molecule has 39 heavy (non-hydrogen) atoms. The summed E-state index contributed by atoms with van der Waals surface area (Å²) in [6.45, 7) is 12.3. The van der Waals surface area contributed by atoms with Crippen LogP contribution < -0.4 is 0 Å². The SMILES string of the molecule is C(COCC1CO1)COCC1CO1.C1CC2OC2CC1C1CO1.CC(C)CC(C)/C=C/CC1CC(=O)OC1=O. The molecule has 9 heteroatoms. The van der Waals surface area contributed by atoms with E-state index in [0.29, 0.717) is 48.8 Å². The number of hydrogen-bond donors (Lipinski definition) is 0. The zero-order valence-corrected chi connectivity index (χ0v) is 23.9. The van der Waals surface area contributed by atoms with E-state index in [-0.39, 0.29) is 18.3 Å². The first-order valence-corrected chi connectivity index (χ1v) is 14.9. The van der Waals surface area contributed by atoms with Crippen LogP contribution in [-0.4, -0.2) is 88.7 Å². The predicted octanol–water partition coefficient (Wildman–Crippen LogP) is 3.86. The van der Waals surface area contributed by atoms with Gasteiger partial charge in [-0.1, -0.05) is 32.9 Å². The lowest BCUT2D eigenvalue weighted by Crippen LogP contribution is -2.17. The van der Waals surface area contributed by atoms with Crippen LogP contribution in [0.2, 0.25) is 0 Å². The van der Waals surface area contributed by atoms with Gasteiger partial charge in [-0.3, -0.25) is 9.59 Å². The molecule has 8 unspecified atom stereocenters. The molecule has 0 N–H and O–H groups in total. The quantitative estimate of drug-likeness (QED) is 0.104. The Hall–Kier alpha value is -1.36. The summed E-state index contributed by atoms with van der Waals surface area (Å²) in [5.41, 5.74) is 0. The maximum Gasteiger partial charge on any atom is 0.317 e. The first kappa shape index (κ1) is 30.6. The van der Waals surface area contributed by atoms with Gasteiger partial charge in [0.15, 0.2) is 0 Å². The number of cyclic esters (lactones) is 2. The molecule has 222 valence electrons. The summed E-state index contributed by atoms with van der Waals surface area (Å²) in [7, 11) is 0. The van der Waals surface area contributed by atoms with Crippen LogP contribution in [0.4, 0.5) is 0 Å². The minimum atomic E-state index is -0.390. The first-order valence-electron chi connectivity index (χ1n) is 14.9. The van der Waals surface area contributed by atoms with Crippen LogP contribution in [0.3, 0.4) is 0 Å². The Labute approximate surface area is 233 Å². The second-order valence-electron chi connectivity index (χ2n) is 12.0. The first-order chi connectivity index (χ1) is 18.9. The van der Waals surface area contributed by atoms with Gasteiger partial charge in [-0.15, -0.1) is 0 Å². The number of hydrogen-bond acceptors (Lipinski definition) is 9. The van der Waals surface area contributed by atoms with E-state index in [9.17, 15) is 9.59 Å². The molecule has 0 aromatic rings. The number of epoxide rings is 4. The maximum absolute atomic E-state index is 11.2. The van der Waals surface area contributed by atoms with Crippen molar-refractivity contribution in [3.05, 3.63) is 12.2 Å². The number of rotatable bonds is 14. The molecule has 6 rings (SSSR count). The predicted molar refractivity (Wildman–Crippen MR) is 143 cm³/mol. The summed E-state index contributed by atoms with van der Waals surface area (Å²) in [4.78, 5) is 22.0. The Kier molecular flexibility index (Phi) is 12.2. The zero-order chi connectivity index (χ0) is 27.6. The largest absolute Gasteiger partial charge is 0.393 e. The van der Waals surface area contributed by atoms with Crippen molar-refractivity contribution in [3.8, 4) is 0 Å². The van der Waals surface area contributed by atoms with Crippen LogP contribution in [0, 0.1) is 23.7 Å². The molecule has 0 radical (unpaired) electrons. The molecule has 5 saturated heterocycles. The van der Waals surface area contributed by atoms with Crippen molar-refractivity contribution < 1.29 is 42.7 Å².